The van der Waals surface area contributed by atoms with Crippen LogP contribution < -0.4 is 15.8 Å². The lowest BCUT2D eigenvalue weighted by atomic mass is 10.1. The van der Waals surface area contributed by atoms with Crippen molar-refractivity contribution < 1.29 is 19.2 Å². The number of amides is 1. The van der Waals surface area contributed by atoms with E-state index in [1.807, 2.05) is 0 Å². The number of nitrogens with one attached hydrogen (secondary N) is 1. The van der Waals surface area contributed by atoms with Crippen molar-refractivity contribution in [3.05, 3.63) is 64.2 Å². The summed E-state index contributed by atoms with van der Waals surface area (Å²) in [6, 6.07) is 12.2. The Morgan fingerprint density at radius 3 is 2.50 bits per heavy atom. The Kier molecular flexibility index (Phi) is 5.58. The summed E-state index contributed by atoms with van der Waals surface area (Å²) in [6.45, 7) is -0.615. The molecule has 124 valence electrons. The predicted octanol–water partition coefficient (Wildman–Crippen LogP) is 1.75. The number of nitro benzene ring substituents is 1. The van der Waals surface area contributed by atoms with Gasteiger partial charge in [0.05, 0.1) is 17.2 Å². The molecule has 8 heteroatoms. The van der Waals surface area contributed by atoms with Crippen molar-refractivity contribution in [2.24, 2.45) is 5.73 Å². The monoisotopic (exact) mass is 329 g/mol. The Morgan fingerprint density at radius 1 is 1.12 bits per heavy atom. The summed E-state index contributed by atoms with van der Waals surface area (Å²) in [7, 11) is 0. The molecule has 2 aromatic carbocycles. The summed E-state index contributed by atoms with van der Waals surface area (Å²) in [5.41, 5.74) is 5.56. The van der Waals surface area contributed by atoms with Crippen molar-refractivity contribution in [3.63, 3.8) is 0 Å². The smallest absolute Gasteiger partial charge is 0.310 e. The normalized spacial score (nSPS) is 10.0. The molecule has 0 radical (unpaired) electrons. The maximum Gasteiger partial charge on any atom is 0.310 e. The standard InChI is InChI=1S/C16H15N3O5/c17-9-16(21)18-12-6-2-1-5-11(12)14(20)10-24-15-8-4-3-7-13(15)19(22)23/h1-8H,9-10,17H2,(H,18,21). The molecule has 3 N–H and O–H groups in total. The number of nitro groups is 1. The number of ketones is 1. The number of ether oxygens (including phenoxy) is 1. The molecule has 0 aliphatic heterocycles. The fourth-order valence-corrected chi connectivity index (χ4v) is 1.99. The number of anilines is 1. The highest BCUT2D eigenvalue weighted by molar-refractivity contribution is 6.05. The van der Waals surface area contributed by atoms with Gasteiger partial charge in [-0.15, -0.1) is 0 Å². The topological polar surface area (TPSA) is 125 Å². The molecule has 0 atom stereocenters. The molecule has 0 heterocycles. The summed E-state index contributed by atoms with van der Waals surface area (Å²) in [6.07, 6.45) is 0. The lowest BCUT2D eigenvalue weighted by molar-refractivity contribution is -0.385. The SMILES string of the molecule is NCC(=O)Nc1ccccc1C(=O)COc1ccccc1[N+](=O)[O-]. The highest BCUT2D eigenvalue weighted by Gasteiger charge is 2.17. The zero-order valence-electron chi connectivity index (χ0n) is 12.6. The molecule has 0 aliphatic carbocycles. The van der Waals surface area contributed by atoms with Crippen molar-refractivity contribution >= 4 is 23.1 Å². The maximum absolute atomic E-state index is 12.3. The van der Waals surface area contributed by atoms with Crippen LogP contribution in [0.3, 0.4) is 0 Å². The number of nitrogens with two attached hydrogens (primary N) is 1. The summed E-state index contributed by atoms with van der Waals surface area (Å²) in [5.74, 6) is -0.865. The van der Waals surface area contributed by atoms with Crippen molar-refractivity contribution in [1.82, 2.24) is 0 Å². The molecule has 0 saturated carbocycles. The first kappa shape index (κ1) is 17.1. The van der Waals surface area contributed by atoms with E-state index in [0.717, 1.165) is 0 Å². The molecule has 8 nitrogen and oxygen atoms in total. The van der Waals surface area contributed by atoms with Crippen LogP contribution in [0.1, 0.15) is 10.4 Å². The minimum Gasteiger partial charge on any atom is -0.478 e. The first-order valence-corrected chi connectivity index (χ1v) is 7.01. The Bertz CT molecular complexity index is 776. The molecule has 0 aliphatic rings. The quantitative estimate of drug-likeness (QED) is 0.453. The van der Waals surface area contributed by atoms with Crippen LogP contribution in [0.5, 0.6) is 5.75 Å². The fourth-order valence-electron chi connectivity index (χ4n) is 1.99. The van der Waals surface area contributed by atoms with Gasteiger partial charge in [-0.3, -0.25) is 19.7 Å². The van der Waals surface area contributed by atoms with Crippen molar-refractivity contribution in [2.45, 2.75) is 0 Å². The van der Waals surface area contributed by atoms with Crippen LogP contribution in [0.25, 0.3) is 0 Å². The second kappa shape index (κ2) is 7.84. The van der Waals surface area contributed by atoms with Crippen LogP contribution in [0.4, 0.5) is 11.4 Å². The minimum absolute atomic E-state index is 0.000625. The molecular formula is C16H15N3O5. The number of hydrogen-bond donors (Lipinski definition) is 2. The summed E-state index contributed by atoms with van der Waals surface area (Å²) in [4.78, 5) is 34.1. The van der Waals surface area contributed by atoms with Gasteiger partial charge in [0.1, 0.15) is 0 Å². The van der Waals surface area contributed by atoms with Crippen LogP contribution in [-0.4, -0.2) is 29.8 Å². The molecule has 0 aromatic heterocycles. The Morgan fingerprint density at radius 2 is 1.79 bits per heavy atom. The van der Waals surface area contributed by atoms with Gasteiger partial charge in [-0.1, -0.05) is 24.3 Å². The second-order valence-electron chi connectivity index (χ2n) is 4.73. The highest BCUT2D eigenvalue weighted by Crippen LogP contribution is 2.26. The number of Topliss-reactive ketones (excluding diaryl/α,β-unsaturated/α-hetero) is 1. The van der Waals surface area contributed by atoms with E-state index in [-0.39, 0.29) is 23.5 Å². The van der Waals surface area contributed by atoms with E-state index in [1.165, 1.54) is 24.3 Å². The average molecular weight is 329 g/mol. The van der Waals surface area contributed by atoms with Gasteiger partial charge < -0.3 is 15.8 Å². The van der Waals surface area contributed by atoms with E-state index >= 15 is 0 Å². The summed E-state index contributed by atoms with van der Waals surface area (Å²) < 4.78 is 5.27. The number of carbonyl (C=O) groups excluding carboxylic acids is 2. The molecule has 24 heavy (non-hydrogen) atoms. The lowest BCUT2D eigenvalue weighted by Gasteiger charge is -2.10. The third-order valence-corrected chi connectivity index (χ3v) is 3.11. The number of benzene rings is 2. The third kappa shape index (κ3) is 4.14. The summed E-state index contributed by atoms with van der Waals surface area (Å²) in [5, 5.41) is 13.4. The van der Waals surface area contributed by atoms with Crippen LogP contribution in [0.15, 0.2) is 48.5 Å². The van der Waals surface area contributed by atoms with E-state index in [4.69, 9.17) is 10.5 Å². The van der Waals surface area contributed by atoms with E-state index in [9.17, 15) is 19.7 Å². The van der Waals surface area contributed by atoms with E-state index in [1.54, 1.807) is 24.3 Å². The van der Waals surface area contributed by atoms with Crippen LogP contribution >= 0.6 is 0 Å². The number of nitrogens with zero attached hydrogens (tertiary/aromatic N) is 1. The zero-order chi connectivity index (χ0) is 17.5. The number of para-hydroxylation sites is 3. The zero-order valence-corrected chi connectivity index (χ0v) is 12.6. The molecule has 0 spiro atoms. The Balaban J connectivity index is 2.14. The molecule has 0 bridgehead atoms. The Hall–Kier alpha value is -3.26. The van der Waals surface area contributed by atoms with Crippen LogP contribution in [-0.2, 0) is 4.79 Å². The first-order valence-electron chi connectivity index (χ1n) is 7.01. The lowest BCUT2D eigenvalue weighted by Crippen LogP contribution is -2.23. The third-order valence-electron chi connectivity index (χ3n) is 3.11. The van der Waals surface area contributed by atoms with Crippen molar-refractivity contribution in [1.29, 1.82) is 0 Å². The molecular weight excluding hydrogens is 314 g/mol. The van der Waals surface area contributed by atoms with Crippen molar-refractivity contribution in [2.75, 3.05) is 18.5 Å². The molecule has 2 rings (SSSR count). The van der Waals surface area contributed by atoms with Gasteiger partial charge in [0, 0.05) is 11.6 Å². The molecule has 0 unspecified atom stereocenters. The molecule has 0 fully saturated rings. The number of hydrogen-bond acceptors (Lipinski definition) is 6. The minimum atomic E-state index is -0.588. The molecule has 0 saturated heterocycles. The Labute approximate surface area is 137 Å². The average Bonchev–Trinajstić information content (AvgIpc) is 2.60. The van der Waals surface area contributed by atoms with Gasteiger partial charge in [0.15, 0.2) is 12.4 Å². The van der Waals surface area contributed by atoms with Gasteiger partial charge in [-0.2, -0.15) is 0 Å². The largest absolute Gasteiger partial charge is 0.478 e. The van der Waals surface area contributed by atoms with Gasteiger partial charge in [-0.25, -0.2) is 0 Å². The summed E-state index contributed by atoms with van der Waals surface area (Å²) >= 11 is 0. The van der Waals surface area contributed by atoms with Crippen LogP contribution in [0.2, 0.25) is 0 Å². The van der Waals surface area contributed by atoms with Crippen molar-refractivity contribution in [3.8, 4) is 5.75 Å². The van der Waals surface area contributed by atoms with Gasteiger partial charge in [-0.05, 0) is 18.2 Å². The van der Waals surface area contributed by atoms with Crippen LogP contribution in [0, 0.1) is 10.1 Å². The first-order chi connectivity index (χ1) is 11.5. The predicted molar refractivity (Wildman–Crippen MR) is 87.0 cm³/mol. The fraction of sp³-hybridized carbons (Fsp3) is 0.125. The van der Waals surface area contributed by atoms with E-state index in [0.29, 0.717) is 5.69 Å². The molecule has 1 amide bonds. The number of rotatable bonds is 7. The van der Waals surface area contributed by atoms with E-state index in [2.05, 4.69) is 5.32 Å². The van der Waals surface area contributed by atoms with Gasteiger partial charge in [0.2, 0.25) is 11.7 Å². The second-order valence-corrected chi connectivity index (χ2v) is 4.73. The van der Waals surface area contributed by atoms with Gasteiger partial charge >= 0.3 is 5.69 Å². The van der Waals surface area contributed by atoms with Gasteiger partial charge in [0.25, 0.3) is 0 Å². The van der Waals surface area contributed by atoms with E-state index < -0.39 is 23.2 Å². The maximum atomic E-state index is 12.3. The highest BCUT2D eigenvalue weighted by atomic mass is 16.6. The number of carbonyl (C=O) groups is 2. The molecule has 2 aromatic rings.